The van der Waals surface area contributed by atoms with E-state index in [1.165, 1.54) is 6.42 Å². The van der Waals surface area contributed by atoms with E-state index in [-0.39, 0.29) is 5.41 Å². The van der Waals surface area contributed by atoms with Crippen LogP contribution in [0.15, 0.2) is 0 Å². The van der Waals surface area contributed by atoms with Crippen LogP contribution in [0.25, 0.3) is 0 Å². The van der Waals surface area contributed by atoms with Crippen molar-refractivity contribution in [2.45, 2.75) is 79.2 Å². The van der Waals surface area contributed by atoms with Crippen LogP contribution in [-0.2, 0) is 9.47 Å². The molecule has 0 aliphatic heterocycles. The van der Waals surface area contributed by atoms with Gasteiger partial charge in [-0.2, -0.15) is 0 Å². The summed E-state index contributed by atoms with van der Waals surface area (Å²) in [6.45, 7) is 18.6. The van der Waals surface area contributed by atoms with E-state index in [2.05, 4.69) is 55.4 Å². The summed E-state index contributed by atoms with van der Waals surface area (Å²) in [4.78, 5) is 0. The van der Waals surface area contributed by atoms with Gasteiger partial charge in [-0.05, 0) is 23.7 Å². The SMILES string of the molecule is COC(OC)([SiH2]C(C)C)C(C)CC(C)(C)CC(C)(C)C. The molecule has 0 amide bonds. The lowest BCUT2D eigenvalue weighted by atomic mass is 9.72. The van der Waals surface area contributed by atoms with Crippen LogP contribution in [0.2, 0.25) is 5.54 Å². The predicted octanol–water partition coefficient (Wildman–Crippen LogP) is 4.42. The standard InChI is InChI=1S/C17H38O2Si/c1-13(2)20-17(18-9,19-10)14(3)11-16(7,8)12-15(4,5)6/h13-14H,11-12,20H2,1-10H3. The van der Waals surface area contributed by atoms with Crippen molar-refractivity contribution in [2.24, 2.45) is 16.7 Å². The van der Waals surface area contributed by atoms with Gasteiger partial charge in [0.15, 0.2) is 0 Å². The summed E-state index contributed by atoms with van der Waals surface area (Å²) in [5.41, 5.74) is 1.05. The van der Waals surface area contributed by atoms with Crippen molar-refractivity contribution < 1.29 is 9.47 Å². The van der Waals surface area contributed by atoms with E-state index in [0.717, 1.165) is 6.42 Å². The van der Waals surface area contributed by atoms with Gasteiger partial charge in [-0.3, -0.25) is 0 Å². The number of methoxy groups -OCH3 is 2. The van der Waals surface area contributed by atoms with Crippen LogP contribution in [0, 0.1) is 16.7 Å². The Morgan fingerprint density at radius 1 is 0.900 bits per heavy atom. The fourth-order valence-corrected chi connectivity index (χ4v) is 5.93. The Morgan fingerprint density at radius 2 is 1.35 bits per heavy atom. The molecule has 0 rings (SSSR count). The van der Waals surface area contributed by atoms with Gasteiger partial charge in [0.25, 0.3) is 0 Å². The summed E-state index contributed by atoms with van der Waals surface area (Å²) in [7, 11) is 3.17. The molecule has 0 fully saturated rings. The molecule has 0 aromatic rings. The Morgan fingerprint density at radius 3 is 1.65 bits per heavy atom. The minimum absolute atomic E-state index is 0.311. The molecule has 0 bridgehead atoms. The quantitative estimate of drug-likeness (QED) is 0.488. The van der Waals surface area contributed by atoms with Crippen LogP contribution in [0.4, 0.5) is 0 Å². The first kappa shape index (κ1) is 20.1. The maximum Gasteiger partial charge on any atom is 0.146 e. The number of rotatable bonds is 8. The molecule has 0 aromatic carbocycles. The van der Waals surface area contributed by atoms with E-state index in [1.54, 1.807) is 0 Å². The van der Waals surface area contributed by atoms with E-state index in [1.807, 2.05) is 14.2 Å². The van der Waals surface area contributed by atoms with Gasteiger partial charge in [0, 0.05) is 20.1 Å². The lowest BCUT2D eigenvalue weighted by Gasteiger charge is -2.42. The van der Waals surface area contributed by atoms with E-state index >= 15 is 0 Å². The van der Waals surface area contributed by atoms with Crippen molar-refractivity contribution in [3.05, 3.63) is 0 Å². The van der Waals surface area contributed by atoms with E-state index in [9.17, 15) is 0 Å². The van der Waals surface area contributed by atoms with Crippen LogP contribution in [0.1, 0.15) is 68.2 Å². The lowest BCUT2D eigenvalue weighted by Crippen LogP contribution is -2.49. The van der Waals surface area contributed by atoms with Gasteiger partial charge >= 0.3 is 0 Å². The van der Waals surface area contributed by atoms with Crippen LogP contribution in [0.5, 0.6) is 0 Å². The van der Waals surface area contributed by atoms with Gasteiger partial charge < -0.3 is 9.47 Å². The van der Waals surface area contributed by atoms with E-state index in [0.29, 0.717) is 22.3 Å². The van der Waals surface area contributed by atoms with Gasteiger partial charge in [0.2, 0.25) is 0 Å². The number of hydrogen-bond donors (Lipinski definition) is 0. The molecule has 0 aliphatic rings. The molecule has 3 heteroatoms. The summed E-state index contributed by atoms with van der Waals surface area (Å²) in [5, 5.41) is 0. The third-order valence-corrected chi connectivity index (χ3v) is 6.66. The molecule has 0 radical (unpaired) electrons. The molecule has 0 heterocycles. The van der Waals surface area contributed by atoms with Crippen molar-refractivity contribution in [3.63, 3.8) is 0 Å². The maximum atomic E-state index is 5.88. The van der Waals surface area contributed by atoms with Crippen molar-refractivity contribution in [2.75, 3.05) is 14.2 Å². The van der Waals surface area contributed by atoms with Gasteiger partial charge in [-0.25, -0.2) is 0 Å². The Labute approximate surface area is 129 Å². The number of ether oxygens (including phenoxy) is 2. The van der Waals surface area contributed by atoms with E-state index < -0.39 is 9.52 Å². The fraction of sp³-hybridized carbons (Fsp3) is 1.00. The Bertz CT molecular complexity index is 275. The molecule has 0 spiro atoms. The third-order valence-electron chi connectivity index (χ3n) is 4.00. The molecule has 2 nitrogen and oxygen atoms in total. The Hall–Kier alpha value is 0.137. The van der Waals surface area contributed by atoms with Crippen molar-refractivity contribution in [3.8, 4) is 0 Å². The summed E-state index contributed by atoms with van der Waals surface area (Å²) in [5.74, 6) is 0.434. The van der Waals surface area contributed by atoms with Crippen molar-refractivity contribution >= 4 is 9.52 Å². The van der Waals surface area contributed by atoms with Crippen molar-refractivity contribution in [1.29, 1.82) is 0 Å². The minimum Gasteiger partial charge on any atom is -0.357 e. The lowest BCUT2D eigenvalue weighted by molar-refractivity contribution is -0.182. The minimum atomic E-state index is -0.449. The Balaban J connectivity index is 4.96. The van der Waals surface area contributed by atoms with Crippen LogP contribution < -0.4 is 0 Å². The van der Waals surface area contributed by atoms with Crippen molar-refractivity contribution in [1.82, 2.24) is 0 Å². The first-order chi connectivity index (χ1) is 8.87. The van der Waals surface area contributed by atoms with Crippen LogP contribution in [0.3, 0.4) is 0 Å². The second kappa shape index (κ2) is 7.41. The average molecular weight is 303 g/mol. The zero-order valence-corrected chi connectivity index (χ0v) is 17.0. The molecule has 0 saturated heterocycles. The topological polar surface area (TPSA) is 18.5 Å². The normalized spacial score (nSPS) is 16.4. The van der Waals surface area contributed by atoms with Gasteiger partial charge in [0.1, 0.15) is 5.41 Å². The molecule has 1 unspecified atom stereocenters. The van der Waals surface area contributed by atoms with Gasteiger partial charge in [-0.15, -0.1) is 0 Å². The first-order valence-electron chi connectivity index (χ1n) is 7.98. The summed E-state index contributed by atoms with van der Waals surface area (Å²) >= 11 is 0. The fourth-order valence-electron chi connectivity index (χ4n) is 3.91. The molecule has 1 atom stereocenters. The maximum absolute atomic E-state index is 5.88. The van der Waals surface area contributed by atoms with Crippen LogP contribution >= 0.6 is 0 Å². The van der Waals surface area contributed by atoms with Gasteiger partial charge in [0.05, 0.1) is 9.52 Å². The van der Waals surface area contributed by atoms with E-state index in [4.69, 9.17) is 9.47 Å². The summed E-state index contributed by atoms with van der Waals surface area (Å²) in [6.07, 6.45) is 2.36. The molecular formula is C17H38O2Si. The molecule has 122 valence electrons. The second-order valence-electron chi connectivity index (χ2n) is 8.82. The smallest absolute Gasteiger partial charge is 0.146 e. The summed E-state index contributed by atoms with van der Waals surface area (Å²) in [6, 6.07) is 0. The average Bonchev–Trinajstić information content (AvgIpc) is 2.21. The largest absolute Gasteiger partial charge is 0.357 e. The predicted molar refractivity (Wildman–Crippen MR) is 92.0 cm³/mol. The highest BCUT2D eigenvalue weighted by atomic mass is 28.2. The zero-order valence-electron chi connectivity index (χ0n) is 15.6. The molecule has 0 saturated carbocycles. The highest BCUT2D eigenvalue weighted by molar-refractivity contribution is 6.40. The Kier molecular flexibility index (Phi) is 7.47. The van der Waals surface area contributed by atoms with Crippen LogP contribution in [-0.4, -0.2) is 29.1 Å². The molecule has 0 N–H and O–H groups in total. The molecule has 0 aliphatic carbocycles. The molecular weight excluding hydrogens is 264 g/mol. The second-order valence-corrected chi connectivity index (χ2v) is 11.9. The zero-order chi connectivity index (χ0) is 16.2. The number of hydrogen-bond acceptors (Lipinski definition) is 2. The third kappa shape index (κ3) is 6.73. The van der Waals surface area contributed by atoms with Gasteiger partial charge in [-0.1, -0.05) is 60.9 Å². The molecule has 20 heavy (non-hydrogen) atoms. The highest BCUT2D eigenvalue weighted by Gasteiger charge is 2.40. The highest BCUT2D eigenvalue weighted by Crippen LogP contribution is 2.41. The monoisotopic (exact) mass is 302 g/mol. The summed E-state index contributed by atoms with van der Waals surface area (Å²) < 4.78 is 11.8. The first-order valence-corrected chi connectivity index (χ1v) is 9.50. The molecule has 0 aromatic heterocycles.